The van der Waals surface area contributed by atoms with Crippen molar-refractivity contribution in [2.45, 2.75) is 121 Å². The van der Waals surface area contributed by atoms with E-state index in [2.05, 4.69) is 65.0 Å². The van der Waals surface area contributed by atoms with Crippen LogP contribution in [0.1, 0.15) is 114 Å². The maximum absolute atomic E-state index is 14.2. The molecule has 470 valence electrons. The highest BCUT2D eigenvalue weighted by atomic mass is 19.4. The Kier molecular flexibility index (Phi) is 20.9. The van der Waals surface area contributed by atoms with E-state index in [0.717, 1.165) is 24.6 Å². The van der Waals surface area contributed by atoms with Crippen LogP contribution in [0.4, 0.5) is 105 Å². The first-order valence-electron chi connectivity index (χ1n) is 26.1. The molecule has 0 fully saturated rings. The van der Waals surface area contributed by atoms with Gasteiger partial charge in [0.25, 0.3) is 0 Å². The molecule has 0 bridgehead atoms. The van der Waals surface area contributed by atoms with Crippen molar-refractivity contribution in [3.8, 4) is 11.6 Å². The molecule has 0 radical (unpaired) electrons. The highest BCUT2D eigenvalue weighted by Crippen LogP contribution is 2.42. The summed E-state index contributed by atoms with van der Waals surface area (Å²) in [6.45, 7) is 3.03. The highest BCUT2D eigenvalue weighted by molar-refractivity contribution is 7.20. The lowest BCUT2D eigenvalue weighted by molar-refractivity contribution is -0.692. The third-order valence-electron chi connectivity index (χ3n) is 13.9. The lowest BCUT2D eigenvalue weighted by Gasteiger charge is -2.46. The average Bonchev–Trinajstić information content (AvgIpc) is 0.719. The Morgan fingerprint density at radius 3 is 0.989 bits per heavy atom. The van der Waals surface area contributed by atoms with Crippen LogP contribution in [0.5, 0.6) is 11.6 Å². The fourth-order valence-corrected chi connectivity index (χ4v) is 9.75. The molecule has 0 saturated heterocycles. The molecule has 3 nitrogen and oxygen atoms in total. The van der Waals surface area contributed by atoms with Crippen LogP contribution < -0.4 is 31.2 Å². The van der Waals surface area contributed by atoms with Crippen molar-refractivity contribution in [1.29, 1.82) is 0 Å². The highest BCUT2D eigenvalue weighted by Gasteiger charge is 2.47. The molecule has 7 rings (SSSR count). The minimum absolute atomic E-state index is 0.691. The van der Waals surface area contributed by atoms with Crippen LogP contribution in [0.2, 0.25) is 0 Å². The fraction of sp³-hybridized carbons (Fsp3) is 0.322. The molecule has 0 amide bonds. The second-order valence-corrected chi connectivity index (χ2v) is 20.2. The molecule has 6 aromatic carbocycles. The van der Waals surface area contributed by atoms with Crippen molar-refractivity contribution < 1.29 is 115 Å². The van der Waals surface area contributed by atoms with Gasteiger partial charge in [-0.3, -0.25) is 0 Å². The molecule has 7 aromatic rings. The van der Waals surface area contributed by atoms with Gasteiger partial charge in [0.15, 0.2) is 12.7 Å². The Morgan fingerprint density at radius 2 is 0.678 bits per heavy atom. The second-order valence-electron chi connectivity index (χ2n) is 20.2. The number of nitrogens with zero attached hydrogens (tertiary/aromatic N) is 2. The molecular formula is C59H47BF24N2O. The Morgan fingerprint density at radius 1 is 0.368 bits per heavy atom. The van der Waals surface area contributed by atoms with Crippen LogP contribution in [0.15, 0.2) is 146 Å². The Labute approximate surface area is 480 Å². The normalized spacial score (nSPS) is 13.1. The van der Waals surface area contributed by atoms with Gasteiger partial charge >= 0.3 is 55.3 Å². The lowest BCUT2D eigenvalue weighted by Crippen LogP contribution is -2.75. The third-order valence-corrected chi connectivity index (χ3v) is 13.9. The van der Waals surface area contributed by atoms with E-state index in [1.165, 1.54) is 62.5 Å². The van der Waals surface area contributed by atoms with Crippen molar-refractivity contribution in [3.63, 3.8) is 0 Å². The van der Waals surface area contributed by atoms with E-state index < -0.39 is 195 Å². The molecule has 0 atom stereocenters. The quantitative estimate of drug-likeness (QED) is 0.0393. The second kappa shape index (κ2) is 26.5. The molecule has 0 aliphatic heterocycles. The SMILES string of the molecule is CCCCCCCCCCc1ccc(Oc2cncc[n+]2Cc2ccccc2)cc1.FC(F)(F)c1cc([B-](c2cc(C(F)(F)F)cc(C(F)(F)F)c2)(c2cc(C(F)(F)F)cc(C(F)(F)F)c2)c2cc(C(F)(F)F)cc(C(F)(F)F)c2)cc(C(F)(F)F)c1. The van der Waals surface area contributed by atoms with E-state index >= 15 is 0 Å². The van der Waals surface area contributed by atoms with Gasteiger partial charge in [0.05, 0.1) is 50.7 Å². The van der Waals surface area contributed by atoms with E-state index in [0.29, 0.717) is 0 Å². The Balaban J connectivity index is 0.000000337. The van der Waals surface area contributed by atoms with Crippen molar-refractivity contribution in [1.82, 2.24) is 4.98 Å². The summed E-state index contributed by atoms with van der Waals surface area (Å²) >= 11 is 0. The predicted molar refractivity (Wildman–Crippen MR) is 273 cm³/mol. The topological polar surface area (TPSA) is 26.0 Å². The summed E-state index contributed by atoms with van der Waals surface area (Å²) in [5.74, 6) is 1.60. The fourth-order valence-electron chi connectivity index (χ4n) is 9.75. The molecule has 0 aliphatic rings. The van der Waals surface area contributed by atoms with Gasteiger partial charge in [0.1, 0.15) is 18.1 Å². The number of halogens is 24. The molecule has 0 N–H and O–H groups in total. The first-order valence-corrected chi connectivity index (χ1v) is 26.1. The first kappa shape index (κ1) is 68.7. The van der Waals surface area contributed by atoms with Crippen LogP contribution in [0, 0.1) is 0 Å². The number of ether oxygens (including phenoxy) is 1. The summed E-state index contributed by atoms with van der Waals surface area (Å²) in [7, 11) is 0. The van der Waals surface area contributed by atoms with Gasteiger partial charge in [-0.1, -0.05) is 143 Å². The molecule has 0 unspecified atom stereocenters. The summed E-state index contributed by atoms with van der Waals surface area (Å²) in [4.78, 5) is 4.24. The van der Waals surface area contributed by atoms with Crippen molar-refractivity contribution >= 4 is 28.0 Å². The summed E-state index contributed by atoms with van der Waals surface area (Å²) in [6.07, 6.45) is -37.2. The number of benzene rings is 6. The number of unbranched alkanes of at least 4 members (excludes halogenated alkanes) is 7. The zero-order chi connectivity index (χ0) is 64.8. The third kappa shape index (κ3) is 18.1. The van der Waals surface area contributed by atoms with Gasteiger partial charge < -0.3 is 4.74 Å². The van der Waals surface area contributed by atoms with Crippen LogP contribution in [-0.2, 0) is 62.4 Å². The molecule has 87 heavy (non-hydrogen) atoms. The molecule has 0 aliphatic carbocycles. The lowest BCUT2D eigenvalue weighted by atomic mass is 9.12. The zero-order valence-corrected chi connectivity index (χ0v) is 44.9. The monoisotopic (exact) mass is 1270 g/mol. The number of aryl methyl sites for hydroxylation is 1. The number of hydrogen-bond donors (Lipinski definition) is 0. The van der Waals surface area contributed by atoms with Gasteiger partial charge in [-0.15, -0.1) is 0 Å². The summed E-state index contributed by atoms with van der Waals surface area (Å²) < 4.78 is 349. The first-order chi connectivity index (χ1) is 40.1. The summed E-state index contributed by atoms with van der Waals surface area (Å²) in [6, 6.07) is 10.1. The zero-order valence-electron chi connectivity index (χ0n) is 44.9. The number of alkyl halides is 24. The molecule has 0 spiro atoms. The molecule has 28 heteroatoms. The molecule has 1 heterocycles. The van der Waals surface area contributed by atoms with E-state index in [4.69, 9.17) is 4.74 Å². The van der Waals surface area contributed by atoms with Gasteiger partial charge in [0.2, 0.25) is 0 Å². The maximum Gasteiger partial charge on any atom is 0.416 e. The van der Waals surface area contributed by atoms with Gasteiger partial charge in [-0.25, -0.2) is 4.98 Å². The summed E-state index contributed by atoms with van der Waals surface area (Å²) in [5, 5.41) is 0. The smallest absolute Gasteiger partial charge is 0.404 e. The van der Waals surface area contributed by atoms with Crippen molar-refractivity contribution in [3.05, 3.63) is 202 Å². The Bertz CT molecular complexity index is 2980. The van der Waals surface area contributed by atoms with Crippen LogP contribution in [0.3, 0.4) is 0 Å². The van der Waals surface area contributed by atoms with Crippen LogP contribution >= 0.6 is 0 Å². The van der Waals surface area contributed by atoms with Crippen molar-refractivity contribution in [2.24, 2.45) is 0 Å². The van der Waals surface area contributed by atoms with E-state index in [1.54, 1.807) is 12.4 Å². The van der Waals surface area contributed by atoms with Gasteiger partial charge in [0, 0.05) is 5.56 Å². The van der Waals surface area contributed by atoms with Crippen molar-refractivity contribution in [2.75, 3.05) is 0 Å². The van der Waals surface area contributed by atoms with Crippen LogP contribution in [-0.4, -0.2) is 11.1 Å². The van der Waals surface area contributed by atoms with E-state index in [-0.39, 0.29) is 0 Å². The van der Waals surface area contributed by atoms with E-state index in [1.807, 2.05) is 12.3 Å². The van der Waals surface area contributed by atoms with E-state index in [9.17, 15) is 105 Å². The molecule has 1 aromatic heterocycles. The van der Waals surface area contributed by atoms with Gasteiger partial charge in [-0.05, 0) is 54.8 Å². The standard InChI is InChI=1S/C32H12BF24.C27H35N2O/c34-25(35,36)13-1-14(26(37,38)39)6-21(5-13)33(22-7-15(27(40,41)42)2-16(8-22)28(43,44)45,23-9-17(29(46,47)48)3-18(10-23)30(49,50)51)24-11-19(31(52,53)54)4-20(12-24)32(55,56)57;1-2-3-4-5-6-7-8-10-13-24-16-18-26(19-17-24)30-27-22-28-20-21-29(27)23-25-14-11-9-12-15-25/h1-12H;9,11-12,14-22H,2-8,10,13,23H2,1H3/q-1;+1. The summed E-state index contributed by atoms with van der Waals surface area (Å²) in [5.41, 5.74) is -27.6. The Hall–Kier alpha value is -7.42. The van der Waals surface area contributed by atoms with Gasteiger partial charge in [-0.2, -0.15) is 132 Å². The average molecular weight is 1270 g/mol. The molecular weight excluding hydrogens is 1220 g/mol. The largest absolute Gasteiger partial charge is 0.416 e. The van der Waals surface area contributed by atoms with Crippen LogP contribution in [0.25, 0.3) is 0 Å². The number of hydrogen-bond acceptors (Lipinski definition) is 2. The minimum Gasteiger partial charge on any atom is -0.404 e. The molecule has 0 saturated carbocycles. The minimum atomic E-state index is -6.13. The predicted octanol–water partition coefficient (Wildman–Crippen LogP) is 18.1. The maximum atomic E-state index is 14.2. The number of aromatic nitrogens is 2. The number of rotatable bonds is 17.